The first kappa shape index (κ1) is 20.1. The van der Waals surface area contributed by atoms with E-state index in [1.807, 2.05) is 25.1 Å². The zero-order valence-electron chi connectivity index (χ0n) is 16.6. The molecule has 1 amide bonds. The van der Waals surface area contributed by atoms with Crippen LogP contribution in [0.3, 0.4) is 0 Å². The Kier molecular flexibility index (Phi) is 6.62. The lowest BCUT2D eigenvalue weighted by Crippen LogP contribution is -2.31. The minimum Gasteiger partial charge on any atom is -0.355 e. The first-order valence-electron chi connectivity index (χ1n) is 10.1. The fourth-order valence-electron chi connectivity index (χ4n) is 3.52. The summed E-state index contributed by atoms with van der Waals surface area (Å²) in [4.78, 5) is 23.6. The molecule has 1 aromatic carbocycles. The number of nitrogens with zero attached hydrogens (tertiary/aromatic N) is 2. The molecule has 1 N–H and O–H groups in total. The van der Waals surface area contributed by atoms with Gasteiger partial charge in [-0.2, -0.15) is 0 Å². The van der Waals surface area contributed by atoms with Crippen LogP contribution < -0.4 is 5.32 Å². The number of hydrogen-bond donors (Lipinski definition) is 1. The lowest BCUT2D eigenvalue weighted by molar-refractivity contribution is -0.120. The molecule has 2 heterocycles. The van der Waals surface area contributed by atoms with Crippen LogP contribution in [-0.2, 0) is 4.79 Å². The van der Waals surface area contributed by atoms with E-state index in [-0.39, 0.29) is 11.2 Å². The lowest BCUT2D eigenvalue weighted by Gasteiger charge is -2.15. The Bertz CT molecular complexity index is 1010. The van der Waals surface area contributed by atoms with E-state index < -0.39 is 0 Å². The molecule has 1 aliphatic rings. The number of rotatable bonds is 7. The van der Waals surface area contributed by atoms with E-state index >= 15 is 0 Å². The summed E-state index contributed by atoms with van der Waals surface area (Å²) in [7, 11) is 0. The smallest absolute Gasteiger partial charge is 0.233 e. The molecule has 1 unspecified atom stereocenters. The molecule has 150 valence electrons. The van der Waals surface area contributed by atoms with E-state index in [9.17, 15) is 4.79 Å². The predicted molar refractivity (Wildman–Crippen MR) is 122 cm³/mol. The topological polar surface area (TPSA) is 54.9 Å². The Morgan fingerprint density at radius 3 is 2.90 bits per heavy atom. The second-order valence-corrected chi connectivity index (χ2v) is 9.64. The molecule has 0 radical (unpaired) electrons. The first-order valence-corrected chi connectivity index (χ1v) is 11.8. The Labute approximate surface area is 179 Å². The lowest BCUT2D eigenvalue weighted by atomic mass is 9.97. The normalized spacial score (nSPS) is 15.1. The maximum absolute atomic E-state index is 12.6. The Balaban J connectivity index is 1.41. The van der Waals surface area contributed by atoms with Crippen LogP contribution in [0.25, 0.3) is 20.7 Å². The molecule has 0 bridgehead atoms. The number of thiophene rings is 1. The molecule has 6 heteroatoms. The quantitative estimate of drug-likeness (QED) is 0.294. The van der Waals surface area contributed by atoms with Gasteiger partial charge in [-0.05, 0) is 50.7 Å². The van der Waals surface area contributed by atoms with Crippen molar-refractivity contribution >= 4 is 39.2 Å². The Morgan fingerprint density at radius 1 is 1.24 bits per heavy atom. The monoisotopic (exact) mass is 423 g/mol. The van der Waals surface area contributed by atoms with Gasteiger partial charge in [0.25, 0.3) is 0 Å². The van der Waals surface area contributed by atoms with Crippen LogP contribution in [0.15, 0.2) is 59.4 Å². The number of carbonyl (C=O) groups is 1. The van der Waals surface area contributed by atoms with E-state index in [1.54, 1.807) is 17.7 Å². The van der Waals surface area contributed by atoms with Gasteiger partial charge in [0.05, 0.1) is 5.25 Å². The molecule has 2 aromatic heterocycles. The standard InChI is InChI=1S/C23H25N3OS2/c1-16(21(27)24-13-12-17-8-4-2-5-9-17)28-22-19-14-20(18-10-6-3-7-11-18)29-23(19)26-15-25-22/h3,6-8,10-11,14-16H,2,4-5,9,12-13H2,1H3,(H,24,27). The fraction of sp³-hybridized carbons (Fsp3) is 0.348. The van der Waals surface area contributed by atoms with Gasteiger partial charge in [0, 0.05) is 16.8 Å². The number of benzene rings is 1. The molecule has 0 spiro atoms. The van der Waals surface area contributed by atoms with Crippen LogP contribution in [0, 0.1) is 0 Å². The van der Waals surface area contributed by atoms with Crippen molar-refractivity contribution < 1.29 is 4.79 Å². The van der Waals surface area contributed by atoms with E-state index in [2.05, 4.69) is 39.6 Å². The second-order valence-electron chi connectivity index (χ2n) is 7.28. The number of aromatic nitrogens is 2. The van der Waals surface area contributed by atoms with E-state index in [4.69, 9.17) is 0 Å². The molecule has 0 saturated heterocycles. The minimum absolute atomic E-state index is 0.0664. The van der Waals surface area contributed by atoms with Gasteiger partial charge in [-0.15, -0.1) is 11.3 Å². The van der Waals surface area contributed by atoms with Crippen molar-refractivity contribution in [1.82, 2.24) is 15.3 Å². The van der Waals surface area contributed by atoms with Crippen molar-refractivity contribution in [3.8, 4) is 10.4 Å². The van der Waals surface area contributed by atoms with Gasteiger partial charge in [0.2, 0.25) is 5.91 Å². The number of carbonyl (C=O) groups excluding carboxylic acids is 1. The third-order valence-corrected chi connectivity index (χ3v) is 7.35. The number of nitrogens with one attached hydrogen (secondary N) is 1. The van der Waals surface area contributed by atoms with E-state index in [0.29, 0.717) is 6.54 Å². The van der Waals surface area contributed by atoms with Crippen LogP contribution in [0.4, 0.5) is 0 Å². The fourth-order valence-corrected chi connectivity index (χ4v) is 5.50. The van der Waals surface area contributed by atoms with Crippen LogP contribution in [0.2, 0.25) is 0 Å². The largest absolute Gasteiger partial charge is 0.355 e. The van der Waals surface area contributed by atoms with Gasteiger partial charge in [-0.25, -0.2) is 9.97 Å². The minimum atomic E-state index is -0.200. The maximum atomic E-state index is 12.6. The molecular weight excluding hydrogens is 398 g/mol. The van der Waals surface area contributed by atoms with Crippen LogP contribution in [0.1, 0.15) is 39.0 Å². The number of thioether (sulfide) groups is 1. The summed E-state index contributed by atoms with van der Waals surface area (Å²) >= 11 is 3.16. The highest BCUT2D eigenvalue weighted by Crippen LogP contribution is 2.37. The van der Waals surface area contributed by atoms with Crippen molar-refractivity contribution in [3.63, 3.8) is 0 Å². The number of hydrogen-bond acceptors (Lipinski definition) is 5. The van der Waals surface area contributed by atoms with E-state index in [1.165, 1.54) is 53.5 Å². The predicted octanol–water partition coefficient (Wildman–Crippen LogP) is 5.85. The number of fused-ring (bicyclic) bond motifs is 1. The van der Waals surface area contributed by atoms with Gasteiger partial charge in [0.15, 0.2) is 0 Å². The average Bonchev–Trinajstić information content (AvgIpc) is 3.20. The number of amides is 1. The zero-order chi connectivity index (χ0) is 20.1. The summed E-state index contributed by atoms with van der Waals surface area (Å²) in [6.45, 7) is 2.66. The SMILES string of the molecule is CC(Sc1ncnc2sc(-c3ccccc3)cc12)C(=O)NCCC1=CCCCC1. The van der Waals surface area contributed by atoms with Crippen LogP contribution in [0.5, 0.6) is 0 Å². The summed E-state index contributed by atoms with van der Waals surface area (Å²) in [6.07, 6.45) is 9.84. The van der Waals surface area contributed by atoms with Crippen molar-refractivity contribution in [3.05, 3.63) is 54.4 Å². The average molecular weight is 424 g/mol. The second kappa shape index (κ2) is 9.55. The van der Waals surface area contributed by atoms with Gasteiger partial charge >= 0.3 is 0 Å². The summed E-state index contributed by atoms with van der Waals surface area (Å²) < 4.78 is 0. The van der Waals surface area contributed by atoms with Crippen LogP contribution in [-0.4, -0.2) is 27.7 Å². The van der Waals surface area contributed by atoms with Crippen molar-refractivity contribution in [2.45, 2.75) is 49.3 Å². The highest BCUT2D eigenvalue weighted by Gasteiger charge is 2.18. The van der Waals surface area contributed by atoms with Crippen molar-refractivity contribution in [1.29, 1.82) is 0 Å². The molecule has 29 heavy (non-hydrogen) atoms. The van der Waals surface area contributed by atoms with Crippen molar-refractivity contribution in [2.75, 3.05) is 6.54 Å². The molecule has 1 atom stereocenters. The molecule has 0 saturated carbocycles. The zero-order valence-corrected chi connectivity index (χ0v) is 18.2. The molecule has 0 aliphatic heterocycles. The Hall–Kier alpha value is -2.18. The summed E-state index contributed by atoms with van der Waals surface area (Å²) in [5.74, 6) is 0.0664. The van der Waals surface area contributed by atoms with Gasteiger partial charge < -0.3 is 5.32 Å². The molecular formula is C23H25N3OS2. The summed E-state index contributed by atoms with van der Waals surface area (Å²) in [5.41, 5.74) is 2.66. The number of allylic oxidation sites excluding steroid dienone is 1. The third kappa shape index (κ3) is 5.06. The molecule has 3 aromatic rings. The summed E-state index contributed by atoms with van der Waals surface area (Å²) in [5, 5.41) is 4.78. The highest BCUT2D eigenvalue weighted by atomic mass is 32.2. The highest BCUT2D eigenvalue weighted by molar-refractivity contribution is 8.00. The van der Waals surface area contributed by atoms with Crippen molar-refractivity contribution in [2.24, 2.45) is 0 Å². The van der Waals surface area contributed by atoms with Crippen LogP contribution >= 0.6 is 23.1 Å². The van der Waals surface area contributed by atoms with E-state index in [0.717, 1.165) is 21.7 Å². The van der Waals surface area contributed by atoms with Gasteiger partial charge in [-0.3, -0.25) is 4.79 Å². The third-order valence-electron chi connectivity index (χ3n) is 5.14. The molecule has 1 aliphatic carbocycles. The molecule has 0 fully saturated rings. The summed E-state index contributed by atoms with van der Waals surface area (Å²) in [6, 6.07) is 12.4. The maximum Gasteiger partial charge on any atom is 0.233 e. The Morgan fingerprint density at radius 2 is 2.10 bits per heavy atom. The molecule has 4 rings (SSSR count). The van der Waals surface area contributed by atoms with Gasteiger partial charge in [-0.1, -0.05) is 53.7 Å². The molecule has 4 nitrogen and oxygen atoms in total. The first-order chi connectivity index (χ1) is 14.2. The van der Waals surface area contributed by atoms with Gasteiger partial charge in [0.1, 0.15) is 16.2 Å².